The highest BCUT2D eigenvalue weighted by atomic mass is 79.9. The van der Waals surface area contributed by atoms with Gasteiger partial charge in [-0.3, -0.25) is 4.90 Å². The van der Waals surface area contributed by atoms with Crippen LogP contribution in [-0.4, -0.2) is 46.5 Å². The van der Waals surface area contributed by atoms with E-state index in [1.807, 2.05) is 4.68 Å². The van der Waals surface area contributed by atoms with Gasteiger partial charge in [0.05, 0.1) is 35.5 Å². The summed E-state index contributed by atoms with van der Waals surface area (Å²) in [6, 6.07) is 0.421. The highest BCUT2D eigenvalue weighted by Gasteiger charge is 2.41. The summed E-state index contributed by atoms with van der Waals surface area (Å²) < 4.78 is 8.17. The van der Waals surface area contributed by atoms with Crippen LogP contribution in [-0.2, 0) is 4.74 Å². The molecule has 2 fully saturated rings. The van der Waals surface area contributed by atoms with Crippen molar-refractivity contribution in [1.29, 1.82) is 0 Å². The van der Waals surface area contributed by atoms with Gasteiger partial charge in [-0.15, -0.1) is 0 Å². The van der Waals surface area contributed by atoms with Crippen LogP contribution in [0.1, 0.15) is 25.8 Å². The number of rotatable bonds is 2. The van der Waals surface area contributed by atoms with Crippen LogP contribution in [0.15, 0.2) is 10.7 Å². The van der Waals surface area contributed by atoms with E-state index in [0.717, 1.165) is 43.6 Å². The van der Waals surface area contributed by atoms with E-state index >= 15 is 0 Å². The fourth-order valence-corrected chi connectivity index (χ4v) is 3.31. The molecule has 4 nitrogen and oxygen atoms in total. The topological polar surface area (TPSA) is 30.3 Å². The third-order valence-corrected chi connectivity index (χ3v) is 5.28. The smallest absolute Gasteiger partial charge is 0.141 e. The summed E-state index contributed by atoms with van der Waals surface area (Å²) in [5.74, 6) is 0. The van der Waals surface area contributed by atoms with Crippen molar-refractivity contribution < 1.29 is 4.74 Å². The molecule has 0 aliphatic carbocycles. The Labute approximate surface area is 120 Å². The molecular formula is C12H17BrClN3O. The zero-order valence-electron chi connectivity index (χ0n) is 10.4. The summed E-state index contributed by atoms with van der Waals surface area (Å²) in [5.41, 5.74) is 0.263. The summed E-state index contributed by atoms with van der Waals surface area (Å²) in [5, 5.41) is 5.07. The van der Waals surface area contributed by atoms with Crippen molar-refractivity contribution in [3.05, 3.63) is 15.8 Å². The quantitative estimate of drug-likeness (QED) is 0.833. The SMILES string of the molecule is CC1(N2CCC(n3ncc(Br)c3Cl)CC2)COC1. The van der Waals surface area contributed by atoms with E-state index in [9.17, 15) is 0 Å². The van der Waals surface area contributed by atoms with Crippen molar-refractivity contribution >= 4 is 27.5 Å². The monoisotopic (exact) mass is 333 g/mol. The van der Waals surface area contributed by atoms with E-state index in [-0.39, 0.29) is 5.54 Å². The summed E-state index contributed by atoms with van der Waals surface area (Å²) >= 11 is 9.63. The second kappa shape index (κ2) is 4.78. The maximum atomic E-state index is 6.23. The second-order valence-corrected chi connectivity index (χ2v) is 6.65. The van der Waals surface area contributed by atoms with Gasteiger partial charge in [0.1, 0.15) is 5.15 Å². The fraction of sp³-hybridized carbons (Fsp3) is 0.750. The fourth-order valence-electron chi connectivity index (χ4n) is 2.81. The minimum atomic E-state index is 0.263. The molecular weight excluding hydrogens is 318 g/mol. The molecule has 1 aromatic heterocycles. The Morgan fingerprint density at radius 2 is 2.11 bits per heavy atom. The average Bonchev–Trinajstić information content (AvgIpc) is 2.68. The normalized spacial score (nSPS) is 25.1. The van der Waals surface area contributed by atoms with E-state index in [1.165, 1.54) is 0 Å². The van der Waals surface area contributed by atoms with E-state index in [0.29, 0.717) is 11.2 Å². The number of hydrogen-bond donors (Lipinski definition) is 0. The summed E-state index contributed by atoms with van der Waals surface area (Å²) in [4.78, 5) is 2.54. The molecule has 0 amide bonds. The molecule has 0 radical (unpaired) electrons. The molecule has 2 aliphatic heterocycles. The van der Waals surface area contributed by atoms with Gasteiger partial charge >= 0.3 is 0 Å². The number of piperidine rings is 1. The number of likely N-dealkylation sites (tertiary alicyclic amines) is 1. The lowest BCUT2D eigenvalue weighted by molar-refractivity contribution is -0.137. The summed E-state index contributed by atoms with van der Waals surface area (Å²) in [6.07, 6.45) is 3.97. The van der Waals surface area contributed by atoms with E-state index in [2.05, 4.69) is 32.9 Å². The standard InChI is InChI=1S/C12H17BrClN3O/c1-12(7-18-8-12)16-4-2-9(3-5-16)17-11(14)10(13)6-15-17/h6,9H,2-5,7-8H2,1H3. The number of ether oxygens (including phenoxy) is 1. The zero-order valence-corrected chi connectivity index (χ0v) is 12.7. The van der Waals surface area contributed by atoms with Crippen molar-refractivity contribution in [2.75, 3.05) is 26.3 Å². The second-order valence-electron chi connectivity index (χ2n) is 5.44. The van der Waals surface area contributed by atoms with Gasteiger partial charge in [0.15, 0.2) is 0 Å². The van der Waals surface area contributed by atoms with Crippen LogP contribution in [0.2, 0.25) is 5.15 Å². The van der Waals surface area contributed by atoms with Crippen LogP contribution in [0.3, 0.4) is 0 Å². The Kier molecular flexibility index (Phi) is 3.43. The first-order valence-electron chi connectivity index (χ1n) is 6.31. The average molecular weight is 335 g/mol. The predicted octanol–water partition coefficient (Wildman–Crippen LogP) is 2.72. The molecule has 0 saturated carbocycles. The van der Waals surface area contributed by atoms with Crippen molar-refractivity contribution in [3.8, 4) is 0 Å². The van der Waals surface area contributed by atoms with Gasteiger partial charge in [-0.2, -0.15) is 5.10 Å². The Balaban J connectivity index is 1.65. The van der Waals surface area contributed by atoms with Crippen molar-refractivity contribution in [1.82, 2.24) is 14.7 Å². The first-order valence-corrected chi connectivity index (χ1v) is 7.48. The van der Waals surface area contributed by atoms with Crippen molar-refractivity contribution in [2.45, 2.75) is 31.3 Å². The van der Waals surface area contributed by atoms with Crippen LogP contribution >= 0.6 is 27.5 Å². The van der Waals surface area contributed by atoms with E-state index < -0.39 is 0 Å². The maximum Gasteiger partial charge on any atom is 0.141 e. The zero-order chi connectivity index (χ0) is 12.8. The van der Waals surface area contributed by atoms with Crippen LogP contribution in [0, 0.1) is 0 Å². The molecule has 6 heteroatoms. The van der Waals surface area contributed by atoms with Gasteiger partial charge in [0.2, 0.25) is 0 Å². The minimum Gasteiger partial charge on any atom is -0.377 e. The molecule has 100 valence electrons. The summed E-state index contributed by atoms with van der Waals surface area (Å²) in [7, 11) is 0. The van der Waals surface area contributed by atoms with Gasteiger partial charge in [0, 0.05) is 13.1 Å². The van der Waals surface area contributed by atoms with Crippen LogP contribution in [0.5, 0.6) is 0 Å². The molecule has 2 aliphatic rings. The maximum absolute atomic E-state index is 6.23. The lowest BCUT2D eigenvalue weighted by Gasteiger charge is -2.49. The Bertz CT molecular complexity index is 439. The third kappa shape index (κ3) is 2.11. The summed E-state index contributed by atoms with van der Waals surface area (Å²) in [6.45, 7) is 6.21. The number of halogens is 2. The highest BCUT2D eigenvalue weighted by Crippen LogP contribution is 2.33. The largest absolute Gasteiger partial charge is 0.377 e. The molecule has 2 saturated heterocycles. The number of aromatic nitrogens is 2. The molecule has 3 rings (SSSR count). The number of hydrogen-bond acceptors (Lipinski definition) is 3. The van der Waals surface area contributed by atoms with E-state index in [1.54, 1.807) is 6.20 Å². The van der Waals surface area contributed by atoms with Crippen molar-refractivity contribution in [3.63, 3.8) is 0 Å². The highest BCUT2D eigenvalue weighted by molar-refractivity contribution is 9.10. The number of nitrogens with zero attached hydrogens (tertiary/aromatic N) is 3. The van der Waals surface area contributed by atoms with Crippen LogP contribution in [0.25, 0.3) is 0 Å². The predicted molar refractivity (Wildman–Crippen MR) is 74.0 cm³/mol. The Morgan fingerprint density at radius 3 is 2.56 bits per heavy atom. The molecule has 0 atom stereocenters. The lowest BCUT2D eigenvalue weighted by Crippen LogP contribution is -2.61. The molecule has 0 N–H and O–H groups in total. The van der Waals surface area contributed by atoms with E-state index in [4.69, 9.17) is 16.3 Å². The Morgan fingerprint density at radius 1 is 1.44 bits per heavy atom. The van der Waals surface area contributed by atoms with Gasteiger partial charge in [-0.1, -0.05) is 11.6 Å². The molecule has 1 aromatic rings. The van der Waals surface area contributed by atoms with Gasteiger partial charge in [-0.25, -0.2) is 4.68 Å². The van der Waals surface area contributed by atoms with Crippen molar-refractivity contribution in [2.24, 2.45) is 0 Å². The molecule has 0 spiro atoms. The van der Waals surface area contributed by atoms with Gasteiger partial charge < -0.3 is 4.74 Å². The molecule has 3 heterocycles. The first kappa shape index (κ1) is 12.9. The molecule has 18 heavy (non-hydrogen) atoms. The molecule has 0 unspecified atom stereocenters. The van der Waals surface area contributed by atoms with Gasteiger partial charge in [-0.05, 0) is 35.7 Å². The van der Waals surface area contributed by atoms with Gasteiger partial charge in [0.25, 0.3) is 0 Å². The first-order chi connectivity index (χ1) is 8.60. The third-order valence-electron chi connectivity index (χ3n) is 4.09. The minimum absolute atomic E-state index is 0.263. The van der Waals surface area contributed by atoms with Crippen LogP contribution < -0.4 is 0 Å². The lowest BCUT2D eigenvalue weighted by atomic mass is 9.93. The van der Waals surface area contributed by atoms with Crippen LogP contribution in [0.4, 0.5) is 0 Å². The molecule has 0 bridgehead atoms. The Hall–Kier alpha value is -0.100. The molecule has 0 aromatic carbocycles.